The minimum Gasteiger partial charge on any atom is -0.456 e. The predicted molar refractivity (Wildman–Crippen MR) is 217 cm³/mol. The molecule has 0 amide bonds. The van der Waals surface area contributed by atoms with E-state index in [1.54, 1.807) is 0 Å². The molecule has 12 rings (SSSR count). The van der Waals surface area contributed by atoms with E-state index < -0.39 is 7.14 Å². The maximum absolute atomic E-state index is 16.2. The van der Waals surface area contributed by atoms with E-state index in [4.69, 9.17) is 18.3 Å². The number of hydrogen-bond acceptors (Lipinski definition) is 5. The molecule has 1 unspecified atom stereocenters. The molecule has 0 fully saturated rings. The van der Waals surface area contributed by atoms with Crippen molar-refractivity contribution in [2.45, 2.75) is 12.3 Å². The molecule has 0 saturated heterocycles. The van der Waals surface area contributed by atoms with Crippen LogP contribution >= 0.6 is 7.14 Å². The highest BCUT2D eigenvalue weighted by atomic mass is 31.2. The second kappa shape index (κ2) is 11.0. The van der Waals surface area contributed by atoms with Gasteiger partial charge in [-0.3, -0.25) is 0 Å². The van der Waals surface area contributed by atoms with Crippen LogP contribution in [0.15, 0.2) is 167 Å². The van der Waals surface area contributed by atoms with E-state index in [9.17, 15) is 0 Å². The Morgan fingerprint density at radius 1 is 0.519 bits per heavy atom. The molecule has 1 aliphatic carbocycles. The molecule has 9 aromatic rings. The molecule has 0 bridgehead atoms. The van der Waals surface area contributed by atoms with E-state index >= 15 is 4.57 Å². The second-order valence-electron chi connectivity index (χ2n) is 14.3. The van der Waals surface area contributed by atoms with Crippen LogP contribution in [0.25, 0.3) is 66.1 Å². The average Bonchev–Trinajstić information content (AvgIpc) is 3.79. The zero-order valence-corrected chi connectivity index (χ0v) is 29.7. The van der Waals surface area contributed by atoms with Gasteiger partial charge in [-0.1, -0.05) is 109 Å². The fourth-order valence-electron chi connectivity index (χ4n) is 8.71. The summed E-state index contributed by atoms with van der Waals surface area (Å²) in [6.07, 6.45) is 9.37. The molecule has 0 saturated carbocycles. The molecule has 0 spiro atoms. The van der Waals surface area contributed by atoms with Crippen molar-refractivity contribution in [3.05, 3.63) is 163 Å². The van der Waals surface area contributed by atoms with Crippen LogP contribution in [0, 0.1) is 0 Å². The fraction of sp³-hybridized carbons (Fsp3) is 0.0417. The molecule has 2 aromatic heterocycles. The molecule has 7 aromatic carbocycles. The van der Waals surface area contributed by atoms with E-state index in [0.29, 0.717) is 38.9 Å². The number of ether oxygens (including phenoxy) is 2. The van der Waals surface area contributed by atoms with Gasteiger partial charge >= 0.3 is 0 Å². The van der Waals surface area contributed by atoms with E-state index in [1.165, 1.54) is 0 Å². The monoisotopic (exact) mass is 716 g/mol. The Morgan fingerprint density at radius 3 is 1.59 bits per heavy atom. The van der Waals surface area contributed by atoms with Gasteiger partial charge < -0.3 is 22.9 Å². The van der Waals surface area contributed by atoms with Crippen molar-refractivity contribution in [3.63, 3.8) is 0 Å². The van der Waals surface area contributed by atoms with Gasteiger partial charge in [-0.15, -0.1) is 0 Å². The Hall–Kier alpha value is -6.55. The van der Waals surface area contributed by atoms with Crippen LogP contribution < -0.4 is 25.4 Å². The van der Waals surface area contributed by atoms with Crippen molar-refractivity contribution in [3.8, 4) is 45.3 Å². The van der Waals surface area contributed by atoms with Crippen molar-refractivity contribution >= 4 is 66.9 Å². The standard InChI is InChI=1S/C48H29O5P/c49-54-44-22-20-29(32-14-8-16-36-34-12-4-6-18-38(34)52-46(32)36)24-40(44)50-42-26-31(28-10-2-1-3-11-28)27-43(48(42)54)51-41-25-30(21-23-45(41)54)33-15-9-17-37-35-13-5-7-19-39(35)53-47(33)37/h1-10,12-28H,11H2. The number of benzene rings is 7. The van der Waals surface area contributed by atoms with Gasteiger partial charge in [0.1, 0.15) is 50.6 Å². The van der Waals surface area contributed by atoms with Crippen molar-refractivity contribution in [2.75, 3.05) is 0 Å². The largest absolute Gasteiger partial charge is 0.456 e. The van der Waals surface area contributed by atoms with Gasteiger partial charge in [0.05, 0.1) is 10.6 Å². The lowest BCUT2D eigenvalue weighted by Crippen LogP contribution is -2.35. The zero-order chi connectivity index (χ0) is 35.5. The van der Waals surface area contributed by atoms with Crippen molar-refractivity contribution in [1.29, 1.82) is 0 Å². The predicted octanol–water partition coefficient (Wildman–Crippen LogP) is 12.3. The lowest BCUT2D eigenvalue weighted by molar-refractivity contribution is 0.460. The lowest BCUT2D eigenvalue weighted by Gasteiger charge is -2.35. The van der Waals surface area contributed by atoms with Crippen LogP contribution in [-0.2, 0) is 4.57 Å². The highest BCUT2D eigenvalue weighted by molar-refractivity contribution is 7.86. The Labute approximate surface area is 309 Å². The van der Waals surface area contributed by atoms with E-state index in [1.807, 2.05) is 72.8 Å². The Bertz CT molecular complexity index is 3000. The smallest absolute Gasteiger partial charge is 0.185 e. The normalized spacial score (nSPS) is 16.3. The van der Waals surface area contributed by atoms with Crippen LogP contribution in [0.2, 0.25) is 0 Å². The summed E-state index contributed by atoms with van der Waals surface area (Å²) in [6, 6.07) is 44.8. The summed E-state index contributed by atoms with van der Waals surface area (Å²) in [5.74, 6) is 2.43. The lowest BCUT2D eigenvalue weighted by atomic mass is 9.92. The number of hydrogen-bond donors (Lipinski definition) is 0. The highest BCUT2D eigenvalue weighted by Gasteiger charge is 2.47. The van der Waals surface area contributed by atoms with Crippen LogP contribution in [0.5, 0.6) is 23.0 Å². The Balaban J connectivity index is 1.06. The molecule has 2 aliphatic heterocycles. The average molecular weight is 717 g/mol. The van der Waals surface area contributed by atoms with E-state index in [-0.39, 0.29) is 5.92 Å². The Kier molecular flexibility index (Phi) is 6.10. The summed E-state index contributed by atoms with van der Waals surface area (Å²) in [5.41, 5.74) is 8.10. The zero-order valence-electron chi connectivity index (χ0n) is 28.8. The fourth-order valence-corrected chi connectivity index (χ4v) is 11.7. The van der Waals surface area contributed by atoms with Crippen LogP contribution in [0.1, 0.15) is 17.9 Å². The van der Waals surface area contributed by atoms with Crippen LogP contribution in [0.4, 0.5) is 0 Å². The maximum atomic E-state index is 16.2. The molecular weight excluding hydrogens is 687 g/mol. The quantitative estimate of drug-likeness (QED) is 0.170. The third-order valence-electron chi connectivity index (χ3n) is 11.3. The van der Waals surface area contributed by atoms with Gasteiger partial charge in [-0.05, 0) is 71.6 Å². The molecule has 6 heteroatoms. The summed E-state index contributed by atoms with van der Waals surface area (Å²) < 4.78 is 42.6. The molecule has 256 valence electrons. The highest BCUT2D eigenvalue weighted by Crippen LogP contribution is 2.60. The van der Waals surface area contributed by atoms with Crippen LogP contribution in [-0.4, -0.2) is 0 Å². The molecule has 54 heavy (non-hydrogen) atoms. The van der Waals surface area contributed by atoms with Crippen molar-refractivity contribution < 1.29 is 22.9 Å². The maximum Gasteiger partial charge on any atom is 0.185 e. The Morgan fingerprint density at radius 2 is 1.06 bits per heavy atom. The van der Waals surface area contributed by atoms with Gasteiger partial charge in [0.15, 0.2) is 7.14 Å². The van der Waals surface area contributed by atoms with E-state index in [0.717, 1.165) is 78.1 Å². The van der Waals surface area contributed by atoms with Gasteiger partial charge in [0, 0.05) is 38.6 Å². The molecule has 3 aliphatic rings. The minimum absolute atomic E-state index is 0.139. The van der Waals surface area contributed by atoms with Gasteiger partial charge in [0.25, 0.3) is 0 Å². The minimum atomic E-state index is -3.47. The van der Waals surface area contributed by atoms with Gasteiger partial charge in [-0.25, -0.2) is 0 Å². The third-order valence-corrected chi connectivity index (χ3v) is 14.4. The first-order valence-electron chi connectivity index (χ1n) is 18.2. The van der Waals surface area contributed by atoms with Gasteiger partial charge in [0.2, 0.25) is 0 Å². The molecule has 1 atom stereocenters. The summed E-state index contributed by atoms with van der Waals surface area (Å²) >= 11 is 0. The van der Waals surface area contributed by atoms with Crippen molar-refractivity contribution in [2.24, 2.45) is 0 Å². The van der Waals surface area contributed by atoms with E-state index in [2.05, 4.69) is 85.0 Å². The van der Waals surface area contributed by atoms with Crippen LogP contribution in [0.3, 0.4) is 0 Å². The summed E-state index contributed by atoms with van der Waals surface area (Å²) in [7, 11) is -3.47. The first kappa shape index (κ1) is 30.0. The van der Waals surface area contributed by atoms with Crippen molar-refractivity contribution in [1.82, 2.24) is 0 Å². The molecule has 0 N–H and O–H groups in total. The number of allylic oxidation sites excluding steroid dienone is 4. The number of rotatable bonds is 3. The first-order chi connectivity index (χ1) is 26.6. The first-order valence-corrected chi connectivity index (χ1v) is 19.9. The molecule has 5 nitrogen and oxygen atoms in total. The second-order valence-corrected chi connectivity index (χ2v) is 16.9. The summed E-state index contributed by atoms with van der Waals surface area (Å²) in [6.45, 7) is 0. The molecule has 4 heterocycles. The number of para-hydroxylation sites is 4. The molecular formula is C48H29O5P. The third kappa shape index (κ3) is 4.13. The SMILES string of the molecule is O=P12c3ccc(-c4cccc5c4oc4ccccc45)cc3Oc3cc(C4C=CC=CC4)cc(c31)Oc1cc(-c3cccc4c3oc3ccccc34)ccc12. The summed E-state index contributed by atoms with van der Waals surface area (Å²) in [5, 5.41) is 6.17. The number of furan rings is 2. The molecule has 0 radical (unpaired) electrons. The topological polar surface area (TPSA) is 61.8 Å². The summed E-state index contributed by atoms with van der Waals surface area (Å²) in [4.78, 5) is 0. The van der Waals surface area contributed by atoms with Gasteiger partial charge in [-0.2, -0.15) is 0 Å². The number of fused-ring (bicyclic) bond motifs is 10.